The lowest BCUT2D eigenvalue weighted by Gasteiger charge is -2.16. The third-order valence-electron chi connectivity index (χ3n) is 1.34. The van der Waals surface area contributed by atoms with Gasteiger partial charge in [-0.1, -0.05) is 13.8 Å². The molecule has 0 saturated carbocycles. The predicted molar refractivity (Wildman–Crippen MR) is 40.3 cm³/mol. The summed E-state index contributed by atoms with van der Waals surface area (Å²) >= 11 is 0. The fraction of sp³-hybridized carbons (Fsp3) is 0.857. The Morgan fingerprint density at radius 2 is 2.11 bits per heavy atom. The van der Waals surface area contributed by atoms with E-state index in [-0.39, 0.29) is 13.3 Å². The molecule has 0 atom stereocenters. The Hall–Kier alpha value is -0.530. The maximum atomic E-state index is 11.0. The van der Waals surface area contributed by atoms with Crippen LogP contribution in [0.2, 0.25) is 0 Å². The Morgan fingerprint density at radius 1 is 1.67 bits per heavy atom. The second-order valence-electron chi connectivity index (χ2n) is 2.51. The van der Waals surface area contributed by atoms with Gasteiger partial charge in [-0.2, -0.15) is 0 Å². The summed E-state index contributed by atoms with van der Waals surface area (Å²) in [5.74, 6) is 0.354. The summed E-state index contributed by atoms with van der Waals surface area (Å²) in [7, 11) is 1.82. The van der Waals surface area contributed by atoms with Gasteiger partial charge in [0.2, 0.25) is 5.91 Å². The normalized spacial score (nSPS) is 9.89. The van der Waals surface area contributed by atoms with E-state index in [4.69, 9.17) is 0 Å². The highest BCUT2D eigenvalue weighted by atomic mass is 16.2. The van der Waals surface area contributed by atoms with Gasteiger partial charge in [-0.25, -0.2) is 0 Å². The SMILES string of the molecule is CCN(C)C(=O)C(C)C.[HH]. The lowest BCUT2D eigenvalue weighted by molar-refractivity contribution is -0.132. The topological polar surface area (TPSA) is 20.3 Å². The van der Waals surface area contributed by atoms with E-state index in [0.29, 0.717) is 0 Å². The molecule has 0 aliphatic rings. The van der Waals surface area contributed by atoms with Crippen molar-refractivity contribution in [1.82, 2.24) is 4.90 Å². The monoisotopic (exact) mass is 131 g/mol. The van der Waals surface area contributed by atoms with Gasteiger partial charge in [-0.15, -0.1) is 0 Å². The zero-order valence-electron chi connectivity index (χ0n) is 6.64. The molecule has 0 aliphatic carbocycles. The first kappa shape index (κ1) is 8.47. The number of carbonyl (C=O) groups excluding carboxylic acids is 1. The third kappa shape index (κ3) is 2.49. The highest BCUT2D eigenvalue weighted by molar-refractivity contribution is 5.77. The molecule has 0 aliphatic heterocycles. The number of hydrogen-bond acceptors (Lipinski definition) is 1. The zero-order valence-corrected chi connectivity index (χ0v) is 6.64. The van der Waals surface area contributed by atoms with Crippen LogP contribution in [0.15, 0.2) is 0 Å². The summed E-state index contributed by atoms with van der Waals surface area (Å²) in [6.45, 7) is 6.60. The largest absolute Gasteiger partial charge is 0.346 e. The average molecular weight is 131 g/mol. The summed E-state index contributed by atoms with van der Waals surface area (Å²) in [6, 6.07) is 0. The fourth-order valence-corrected chi connectivity index (χ4v) is 0.597. The molecule has 0 radical (unpaired) electrons. The number of rotatable bonds is 2. The summed E-state index contributed by atoms with van der Waals surface area (Å²) in [5, 5.41) is 0. The van der Waals surface area contributed by atoms with Gasteiger partial charge in [0.25, 0.3) is 0 Å². The maximum absolute atomic E-state index is 11.0. The van der Waals surface area contributed by atoms with Gasteiger partial charge in [0.05, 0.1) is 0 Å². The second-order valence-corrected chi connectivity index (χ2v) is 2.51. The van der Waals surface area contributed by atoms with Gasteiger partial charge in [-0.3, -0.25) is 4.79 Å². The van der Waals surface area contributed by atoms with Gasteiger partial charge in [-0.05, 0) is 6.92 Å². The smallest absolute Gasteiger partial charge is 0.224 e. The molecule has 0 aromatic heterocycles. The van der Waals surface area contributed by atoms with E-state index in [1.165, 1.54) is 0 Å². The Morgan fingerprint density at radius 3 is 2.22 bits per heavy atom. The molecule has 0 unspecified atom stereocenters. The molecule has 0 N–H and O–H groups in total. The number of nitrogens with zero attached hydrogens (tertiary/aromatic N) is 1. The van der Waals surface area contributed by atoms with Crippen LogP contribution < -0.4 is 0 Å². The Labute approximate surface area is 58.3 Å². The molecule has 0 bridgehead atoms. The molecular formula is C7H17NO. The quantitative estimate of drug-likeness (QED) is 0.554. The van der Waals surface area contributed by atoms with E-state index < -0.39 is 0 Å². The van der Waals surface area contributed by atoms with Crippen molar-refractivity contribution in [3.63, 3.8) is 0 Å². The summed E-state index contributed by atoms with van der Waals surface area (Å²) in [4.78, 5) is 12.7. The van der Waals surface area contributed by atoms with Crippen molar-refractivity contribution in [2.75, 3.05) is 13.6 Å². The van der Waals surface area contributed by atoms with Gasteiger partial charge < -0.3 is 4.90 Å². The van der Waals surface area contributed by atoms with E-state index in [0.717, 1.165) is 6.54 Å². The van der Waals surface area contributed by atoms with Crippen LogP contribution in [0, 0.1) is 5.92 Å². The molecule has 9 heavy (non-hydrogen) atoms. The van der Waals surface area contributed by atoms with Crippen molar-refractivity contribution in [1.29, 1.82) is 0 Å². The lowest BCUT2D eigenvalue weighted by atomic mass is 10.2. The zero-order chi connectivity index (χ0) is 7.44. The van der Waals surface area contributed by atoms with Crippen LogP contribution in [0.3, 0.4) is 0 Å². The summed E-state index contributed by atoms with van der Waals surface area (Å²) in [6.07, 6.45) is 0. The Kier molecular flexibility index (Phi) is 3.28. The summed E-state index contributed by atoms with van der Waals surface area (Å²) < 4.78 is 0. The van der Waals surface area contributed by atoms with Crippen LogP contribution in [0.4, 0.5) is 0 Å². The minimum absolute atomic E-state index is 0. The van der Waals surface area contributed by atoms with Crippen molar-refractivity contribution in [3.05, 3.63) is 0 Å². The number of hydrogen-bond donors (Lipinski definition) is 0. The number of carbonyl (C=O) groups is 1. The molecule has 56 valence electrons. The van der Waals surface area contributed by atoms with Crippen LogP contribution in [-0.2, 0) is 4.79 Å². The molecule has 0 saturated heterocycles. The van der Waals surface area contributed by atoms with E-state index in [9.17, 15) is 4.79 Å². The lowest BCUT2D eigenvalue weighted by Crippen LogP contribution is -2.29. The molecule has 2 nitrogen and oxygen atoms in total. The van der Waals surface area contributed by atoms with Crippen molar-refractivity contribution in [3.8, 4) is 0 Å². The second kappa shape index (κ2) is 3.49. The van der Waals surface area contributed by atoms with E-state index in [2.05, 4.69) is 0 Å². The van der Waals surface area contributed by atoms with Crippen LogP contribution in [0.1, 0.15) is 22.2 Å². The molecule has 0 fully saturated rings. The molecule has 0 heterocycles. The van der Waals surface area contributed by atoms with Crippen molar-refractivity contribution >= 4 is 5.91 Å². The van der Waals surface area contributed by atoms with E-state index >= 15 is 0 Å². The summed E-state index contributed by atoms with van der Waals surface area (Å²) in [5.41, 5.74) is 0. The molecule has 0 aromatic carbocycles. The Bertz CT molecular complexity index is 104. The van der Waals surface area contributed by atoms with Gasteiger partial charge >= 0.3 is 0 Å². The van der Waals surface area contributed by atoms with Crippen LogP contribution in [0.5, 0.6) is 0 Å². The fourth-order valence-electron chi connectivity index (χ4n) is 0.597. The first-order valence-corrected chi connectivity index (χ1v) is 3.34. The Balaban J connectivity index is 0. The van der Waals surface area contributed by atoms with Crippen LogP contribution in [0.25, 0.3) is 0 Å². The average Bonchev–Trinajstić information content (AvgIpc) is 1.84. The molecule has 1 amide bonds. The molecule has 0 spiro atoms. The first-order valence-electron chi connectivity index (χ1n) is 3.34. The minimum atomic E-state index is 0. The van der Waals surface area contributed by atoms with Gasteiger partial charge in [0.15, 0.2) is 0 Å². The van der Waals surface area contributed by atoms with Gasteiger partial charge in [0.1, 0.15) is 0 Å². The van der Waals surface area contributed by atoms with E-state index in [1.54, 1.807) is 4.90 Å². The molecule has 2 heteroatoms. The van der Waals surface area contributed by atoms with Crippen LogP contribution >= 0.6 is 0 Å². The molecular weight excluding hydrogens is 114 g/mol. The highest BCUT2D eigenvalue weighted by Gasteiger charge is 2.09. The predicted octanol–water partition coefficient (Wildman–Crippen LogP) is 1.37. The molecule has 0 aromatic rings. The number of amides is 1. The van der Waals surface area contributed by atoms with Crippen molar-refractivity contribution in [2.45, 2.75) is 20.8 Å². The molecule has 0 rings (SSSR count). The van der Waals surface area contributed by atoms with Gasteiger partial charge in [0, 0.05) is 20.9 Å². The van der Waals surface area contributed by atoms with Crippen molar-refractivity contribution < 1.29 is 6.22 Å². The standard InChI is InChI=1S/C7H15NO.H2/c1-5-8(4)7(9)6(2)3;/h6H,5H2,1-4H3;1H. The first-order chi connectivity index (χ1) is 4.09. The maximum Gasteiger partial charge on any atom is 0.224 e. The van der Waals surface area contributed by atoms with Crippen LogP contribution in [-0.4, -0.2) is 24.4 Å². The van der Waals surface area contributed by atoms with E-state index in [1.807, 2.05) is 27.8 Å². The van der Waals surface area contributed by atoms with Crippen molar-refractivity contribution in [2.24, 2.45) is 5.92 Å². The minimum Gasteiger partial charge on any atom is -0.346 e. The third-order valence-corrected chi connectivity index (χ3v) is 1.34. The highest BCUT2D eigenvalue weighted by Crippen LogP contribution is 1.96.